The first kappa shape index (κ1) is 35.2. The quantitative estimate of drug-likeness (QED) is 0.160. The molecule has 2 aromatic rings. The van der Waals surface area contributed by atoms with E-state index in [-0.39, 0.29) is 0 Å². The van der Waals surface area contributed by atoms with Crippen molar-refractivity contribution in [2.45, 2.75) is 0 Å². The molecule has 0 radical (unpaired) electrons. The van der Waals surface area contributed by atoms with Crippen molar-refractivity contribution in [1.29, 1.82) is 0 Å². The minimum atomic E-state index is -1.25. The summed E-state index contributed by atoms with van der Waals surface area (Å²) in [4.78, 5) is 86.7. The predicted molar refractivity (Wildman–Crippen MR) is 155 cm³/mol. The van der Waals surface area contributed by atoms with Crippen molar-refractivity contribution in [2.24, 2.45) is 0 Å². The predicted octanol–water partition coefficient (Wildman–Crippen LogP) is 1.69. The Balaban J connectivity index is 0.000000440. The molecule has 0 aliphatic carbocycles. The van der Waals surface area contributed by atoms with Gasteiger partial charge in [0.1, 0.15) is 0 Å². The second kappa shape index (κ2) is 18.5. The van der Waals surface area contributed by atoms with Crippen molar-refractivity contribution >= 4 is 70.3 Å². The lowest BCUT2D eigenvalue weighted by Gasteiger charge is -2.06. The summed E-state index contributed by atoms with van der Waals surface area (Å²) < 4.78 is 0. The van der Waals surface area contributed by atoms with Gasteiger partial charge in [-0.25, -0.2) is 19.2 Å². The number of carboxylic acid groups (broad SMARTS) is 4. The Kier molecular flexibility index (Phi) is 14.8. The number of carbonyl (C=O) groups is 8. The molecule has 2 rings (SSSR count). The van der Waals surface area contributed by atoms with E-state index in [1.54, 1.807) is 12.1 Å². The van der Waals surface area contributed by atoms with E-state index in [1.807, 2.05) is 0 Å². The van der Waals surface area contributed by atoms with Crippen LogP contribution in [0.15, 0.2) is 97.1 Å². The number of rotatable bonds is 12. The summed E-state index contributed by atoms with van der Waals surface area (Å²) in [5.74, 6) is -7.56. The van der Waals surface area contributed by atoms with Crippen LogP contribution >= 0.6 is 0 Å². The van der Waals surface area contributed by atoms with Crippen molar-refractivity contribution in [3.8, 4) is 0 Å². The second-order valence-electron chi connectivity index (χ2n) is 7.80. The number of benzene rings is 2. The Morgan fingerprint density at radius 1 is 0.386 bits per heavy atom. The fourth-order valence-electron chi connectivity index (χ4n) is 2.67. The molecular formula is C28H24N4O12. The van der Waals surface area contributed by atoms with Gasteiger partial charge in [0.2, 0.25) is 23.6 Å². The van der Waals surface area contributed by atoms with Crippen LogP contribution in [0, 0.1) is 0 Å². The van der Waals surface area contributed by atoms with Gasteiger partial charge in [0.15, 0.2) is 0 Å². The minimum absolute atomic E-state index is 0.333. The van der Waals surface area contributed by atoms with Gasteiger partial charge in [-0.3, -0.25) is 19.2 Å². The molecule has 0 aromatic heterocycles. The molecule has 16 heteroatoms. The summed E-state index contributed by atoms with van der Waals surface area (Å²) in [6, 6.07) is 12.1. The smallest absolute Gasteiger partial charge is 0.328 e. The Hall–Kier alpha value is -6.84. The van der Waals surface area contributed by atoms with E-state index < -0.39 is 47.5 Å². The Labute approximate surface area is 247 Å². The third kappa shape index (κ3) is 17.0. The molecule has 8 N–H and O–H groups in total. The molecule has 16 nitrogen and oxygen atoms in total. The number of nitrogens with one attached hydrogen (secondary N) is 4. The average molecular weight is 609 g/mol. The summed E-state index contributed by atoms with van der Waals surface area (Å²) in [7, 11) is 0. The standard InChI is InChI=1S/2C14H12N2O6/c2*17-11(4-6-13(19)20)15-9-2-1-3-10(8-9)16-12(18)5-7-14(21)22/h2*1-8H,(H,15,17)(H,16,18)(H,19,20)(H,21,22)/b2*6-4-,7-5-. The summed E-state index contributed by atoms with van der Waals surface area (Å²) in [6.45, 7) is 0. The van der Waals surface area contributed by atoms with Crippen molar-refractivity contribution in [3.63, 3.8) is 0 Å². The lowest BCUT2D eigenvalue weighted by molar-refractivity contribution is -0.132. The largest absolute Gasteiger partial charge is 0.478 e. The van der Waals surface area contributed by atoms with Gasteiger partial charge in [-0.05, 0) is 36.4 Å². The van der Waals surface area contributed by atoms with Gasteiger partial charge in [0, 0.05) is 71.4 Å². The van der Waals surface area contributed by atoms with Crippen LogP contribution in [-0.2, 0) is 38.4 Å². The molecule has 0 atom stereocenters. The van der Waals surface area contributed by atoms with Gasteiger partial charge in [0.25, 0.3) is 0 Å². The highest BCUT2D eigenvalue weighted by molar-refractivity contribution is 6.05. The van der Waals surface area contributed by atoms with Gasteiger partial charge in [0.05, 0.1) is 0 Å². The minimum Gasteiger partial charge on any atom is -0.478 e. The lowest BCUT2D eigenvalue weighted by atomic mass is 10.2. The van der Waals surface area contributed by atoms with E-state index >= 15 is 0 Å². The third-order valence-electron chi connectivity index (χ3n) is 4.30. The molecule has 4 amide bonds. The number of hydrogen-bond acceptors (Lipinski definition) is 8. The zero-order valence-electron chi connectivity index (χ0n) is 22.3. The summed E-state index contributed by atoms with van der Waals surface area (Å²) >= 11 is 0. The van der Waals surface area contributed by atoms with Crippen LogP contribution in [0.5, 0.6) is 0 Å². The van der Waals surface area contributed by atoms with Crippen LogP contribution in [0.3, 0.4) is 0 Å². The summed E-state index contributed by atoms with van der Waals surface area (Å²) in [5, 5.41) is 43.2. The maximum atomic E-state index is 11.4. The van der Waals surface area contributed by atoms with Crippen LogP contribution in [0.1, 0.15) is 0 Å². The molecule has 0 unspecified atom stereocenters. The van der Waals surface area contributed by atoms with Crippen molar-refractivity contribution < 1.29 is 58.8 Å². The van der Waals surface area contributed by atoms with E-state index in [4.69, 9.17) is 20.4 Å². The number of aliphatic carboxylic acids is 4. The van der Waals surface area contributed by atoms with Crippen LogP contribution < -0.4 is 21.3 Å². The highest BCUT2D eigenvalue weighted by Gasteiger charge is 2.04. The van der Waals surface area contributed by atoms with Gasteiger partial charge in [-0.15, -0.1) is 0 Å². The molecule has 0 heterocycles. The Morgan fingerprint density at radius 2 is 0.591 bits per heavy atom. The van der Waals surface area contributed by atoms with E-state index in [1.165, 1.54) is 36.4 Å². The van der Waals surface area contributed by atoms with E-state index in [9.17, 15) is 38.4 Å². The number of anilines is 4. The first-order chi connectivity index (χ1) is 20.7. The summed E-state index contributed by atoms with van der Waals surface area (Å²) in [5.41, 5.74) is 1.33. The topological polar surface area (TPSA) is 266 Å². The second-order valence-corrected chi connectivity index (χ2v) is 7.80. The highest BCUT2D eigenvalue weighted by atomic mass is 16.4. The van der Waals surface area contributed by atoms with Gasteiger partial charge < -0.3 is 41.7 Å². The van der Waals surface area contributed by atoms with E-state index in [2.05, 4.69) is 21.3 Å². The van der Waals surface area contributed by atoms with E-state index in [0.29, 0.717) is 47.1 Å². The zero-order valence-corrected chi connectivity index (χ0v) is 22.3. The Morgan fingerprint density at radius 3 is 0.773 bits per heavy atom. The molecule has 0 saturated heterocycles. The average Bonchev–Trinajstić information content (AvgIpc) is 2.93. The number of hydrogen-bond donors (Lipinski definition) is 8. The molecule has 0 fully saturated rings. The van der Waals surface area contributed by atoms with Gasteiger partial charge in [-0.1, -0.05) is 12.1 Å². The number of amides is 4. The zero-order chi connectivity index (χ0) is 33.1. The van der Waals surface area contributed by atoms with Crippen LogP contribution in [0.2, 0.25) is 0 Å². The van der Waals surface area contributed by atoms with Crippen LogP contribution in [0.4, 0.5) is 22.7 Å². The van der Waals surface area contributed by atoms with Crippen LogP contribution in [-0.4, -0.2) is 67.9 Å². The summed E-state index contributed by atoms with van der Waals surface area (Å²) in [6.07, 6.45) is 6.17. The maximum absolute atomic E-state index is 11.4. The van der Waals surface area contributed by atoms with Gasteiger partial charge >= 0.3 is 23.9 Å². The number of carboxylic acids is 4. The SMILES string of the molecule is O=C(O)/C=C\C(=O)Nc1cccc(NC(=O)/C=C\C(=O)O)c1.O=C(O)/C=C\C(=O)Nc1cccc(NC(=O)/C=C\C(=O)O)c1. The molecule has 0 bridgehead atoms. The highest BCUT2D eigenvalue weighted by Crippen LogP contribution is 2.16. The fraction of sp³-hybridized carbons (Fsp3) is 0. The molecule has 0 aliphatic rings. The number of carbonyl (C=O) groups excluding carboxylic acids is 4. The third-order valence-corrected chi connectivity index (χ3v) is 4.30. The fourth-order valence-corrected chi connectivity index (χ4v) is 2.67. The monoisotopic (exact) mass is 608 g/mol. The van der Waals surface area contributed by atoms with Crippen molar-refractivity contribution in [1.82, 2.24) is 0 Å². The molecule has 2 aromatic carbocycles. The molecule has 44 heavy (non-hydrogen) atoms. The van der Waals surface area contributed by atoms with E-state index in [0.717, 1.165) is 24.3 Å². The maximum Gasteiger partial charge on any atom is 0.328 e. The van der Waals surface area contributed by atoms with Crippen molar-refractivity contribution in [3.05, 3.63) is 97.1 Å². The first-order valence-corrected chi connectivity index (χ1v) is 11.8. The normalized spacial score (nSPS) is 10.5. The molecule has 0 saturated carbocycles. The molecular weight excluding hydrogens is 584 g/mol. The molecule has 0 spiro atoms. The molecule has 0 aliphatic heterocycles. The first-order valence-electron chi connectivity index (χ1n) is 11.8. The van der Waals surface area contributed by atoms with Crippen molar-refractivity contribution in [2.75, 3.05) is 21.3 Å². The van der Waals surface area contributed by atoms with Gasteiger partial charge in [-0.2, -0.15) is 0 Å². The Bertz CT molecular complexity index is 1340. The molecule has 228 valence electrons. The lowest BCUT2D eigenvalue weighted by Crippen LogP contribution is -2.11. The van der Waals surface area contributed by atoms with Crippen LogP contribution in [0.25, 0.3) is 0 Å².